The number of esters is 2. The Bertz CT molecular complexity index is 1540. The first-order valence-corrected chi connectivity index (χ1v) is 16.1. The van der Waals surface area contributed by atoms with Crippen molar-refractivity contribution in [1.29, 1.82) is 0 Å². The van der Waals surface area contributed by atoms with Crippen LogP contribution in [-0.4, -0.2) is 36.8 Å². The molecule has 0 N–H and O–H groups in total. The molecule has 0 bridgehead atoms. The number of ether oxygens (including phenoxy) is 3. The maximum atomic E-state index is 15.0. The predicted molar refractivity (Wildman–Crippen MR) is 174 cm³/mol. The second-order valence-corrected chi connectivity index (χ2v) is 13.0. The first kappa shape index (κ1) is 32.9. The third-order valence-corrected chi connectivity index (χ3v) is 9.43. The number of amides is 1. The molecule has 6 atom stereocenters. The molecule has 2 aliphatic rings. The second-order valence-electron chi connectivity index (χ2n) is 13.0. The maximum absolute atomic E-state index is 15.0. The Kier molecular flexibility index (Phi) is 9.94. The number of cyclic esters (lactones) is 1. The summed E-state index contributed by atoms with van der Waals surface area (Å²) in [6.45, 7) is 7.80. The molecule has 1 saturated carbocycles. The topological polar surface area (TPSA) is 99.2 Å². The van der Waals surface area contributed by atoms with Gasteiger partial charge in [-0.15, -0.1) is 0 Å². The van der Waals surface area contributed by atoms with Crippen LogP contribution in [0.4, 0.5) is 5.69 Å². The highest BCUT2D eigenvalue weighted by molar-refractivity contribution is 6.14. The maximum Gasteiger partial charge on any atom is 0.378 e. The summed E-state index contributed by atoms with van der Waals surface area (Å²) in [5.41, 5.74) is -1.01. The summed E-state index contributed by atoms with van der Waals surface area (Å²) >= 11 is 0. The minimum Gasteiger partial charge on any atom is -0.497 e. The lowest BCUT2D eigenvalue weighted by Crippen LogP contribution is -2.66. The number of methoxy groups -OCH3 is 1. The number of hydrogen-bond donors (Lipinski definition) is 0. The number of hydrogen-bond acceptors (Lipinski definition) is 7. The molecule has 2 fully saturated rings. The SMILES string of the molecule is COc1ccc(N2C(=O)C([C@H](CC(C)=O)c3ccccc3)C(=O)O[C@]2(C(=O)O[C@@H]2C[C@H](C)CC[C@H]2C(C)C)c2ccccc2)cc1. The molecule has 5 rings (SSSR count). The molecule has 1 aliphatic heterocycles. The van der Waals surface area contributed by atoms with Gasteiger partial charge >= 0.3 is 17.7 Å². The highest BCUT2D eigenvalue weighted by Crippen LogP contribution is 2.46. The number of anilines is 1. The van der Waals surface area contributed by atoms with Gasteiger partial charge in [-0.05, 0) is 67.3 Å². The largest absolute Gasteiger partial charge is 0.497 e. The zero-order chi connectivity index (χ0) is 33.0. The van der Waals surface area contributed by atoms with E-state index in [-0.39, 0.29) is 29.6 Å². The molecule has 1 saturated heterocycles. The van der Waals surface area contributed by atoms with Gasteiger partial charge in [0.25, 0.3) is 0 Å². The lowest BCUT2D eigenvalue weighted by Gasteiger charge is -2.48. The molecule has 8 nitrogen and oxygen atoms in total. The summed E-state index contributed by atoms with van der Waals surface area (Å²) in [6.07, 6.45) is 2.12. The lowest BCUT2D eigenvalue weighted by atomic mass is 9.75. The molecule has 46 heavy (non-hydrogen) atoms. The predicted octanol–water partition coefficient (Wildman–Crippen LogP) is 6.82. The van der Waals surface area contributed by atoms with Crippen molar-refractivity contribution in [2.24, 2.45) is 23.7 Å². The molecule has 1 aliphatic carbocycles. The fourth-order valence-electron chi connectivity index (χ4n) is 7.04. The van der Waals surface area contributed by atoms with Crippen LogP contribution < -0.4 is 9.64 Å². The van der Waals surface area contributed by atoms with Gasteiger partial charge in [0.2, 0.25) is 5.91 Å². The number of Topliss-reactive ketones (excluding diaryl/α,β-unsaturated/α-hetero) is 1. The summed E-state index contributed by atoms with van der Waals surface area (Å²) < 4.78 is 18.1. The third-order valence-electron chi connectivity index (χ3n) is 9.43. The van der Waals surface area contributed by atoms with Crippen molar-refractivity contribution in [2.75, 3.05) is 12.0 Å². The summed E-state index contributed by atoms with van der Waals surface area (Å²) in [5, 5.41) is 0. The molecular formula is C38H43NO7. The highest BCUT2D eigenvalue weighted by Gasteiger charge is 2.62. The van der Waals surface area contributed by atoms with Gasteiger partial charge in [0.05, 0.1) is 7.11 Å². The van der Waals surface area contributed by atoms with Gasteiger partial charge in [0.1, 0.15) is 23.6 Å². The van der Waals surface area contributed by atoms with E-state index in [0.29, 0.717) is 29.3 Å². The van der Waals surface area contributed by atoms with E-state index < -0.39 is 41.5 Å². The van der Waals surface area contributed by atoms with Gasteiger partial charge in [-0.1, -0.05) is 87.9 Å². The summed E-state index contributed by atoms with van der Waals surface area (Å²) in [4.78, 5) is 57.8. The van der Waals surface area contributed by atoms with Crippen LogP contribution in [0.2, 0.25) is 0 Å². The number of carbonyl (C=O) groups excluding carboxylic acids is 4. The van der Waals surface area contributed by atoms with Crippen molar-refractivity contribution in [3.8, 4) is 5.75 Å². The molecule has 8 heteroatoms. The van der Waals surface area contributed by atoms with Crippen molar-refractivity contribution < 1.29 is 33.4 Å². The zero-order valence-corrected chi connectivity index (χ0v) is 27.2. The first-order chi connectivity index (χ1) is 22.1. The van der Waals surface area contributed by atoms with Gasteiger partial charge in [-0.25, -0.2) is 4.79 Å². The van der Waals surface area contributed by atoms with E-state index in [1.54, 1.807) is 78.9 Å². The molecule has 0 spiro atoms. The minimum atomic E-state index is -2.25. The number of benzene rings is 3. The van der Waals surface area contributed by atoms with Crippen LogP contribution in [0.5, 0.6) is 5.75 Å². The fourth-order valence-corrected chi connectivity index (χ4v) is 7.04. The Hall–Kier alpha value is -4.46. The molecule has 3 aromatic rings. The van der Waals surface area contributed by atoms with Crippen LogP contribution in [0.15, 0.2) is 84.9 Å². The Morgan fingerprint density at radius 1 is 0.935 bits per heavy atom. The van der Waals surface area contributed by atoms with Crippen molar-refractivity contribution in [3.63, 3.8) is 0 Å². The number of rotatable bonds is 10. The van der Waals surface area contributed by atoms with Gasteiger partial charge < -0.3 is 19.0 Å². The molecule has 1 unspecified atom stereocenters. The Balaban J connectivity index is 1.69. The molecule has 0 aromatic heterocycles. The van der Waals surface area contributed by atoms with Crippen LogP contribution >= 0.6 is 0 Å². The van der Waals surface area contributed by atoms with Crippen LogP contribution in [0.25, 0.3) is 0 Å². The highest BCUT2D eigenvalue weighted by atomic mass is 16.6. The molecule has 0 radical (unpaired) electrons. The second kappa shape index (κ2) is 13.9. The lowest BCUT2D eigenvalue weighted by molar-refractivity contribution is -0.202. The van der Waals surface area contributed by atoms with Gasteiger partial charge in [-0.2, -0.15) is 0 Å². The van der Waals surface area contributed by atoms with E-state index in [4.69, 9.17) is 14.2 Å². The fraction of sp³-hybridized carbons (Fsp3) is 0.421. The minimum absolute atomic E-state index is 0.0647. The summed E-state index contributed by atoms with van der Waals surface area (Å²) in [5.74, 6) is -3.50. The Morgan fingerprint density at radius 2 is 1.57 bits per heavy atom. The number of carbonyl (C=O) groups is 4. The zero-order valence-electron chi connectivity index (χ0n) is 27.2. The quantitative estimate of drug-likeness (QED) is 0.180. The monoisotopic (exact) mass is 625 g/mol. The van der Waals surface area contributed by atoms with Crippen LogP contribution in [0.3, 0.4) is 0 Å². The molecule has 3 aromatic carbocycles. The van der Waals surface area contributed by atoms with Crippen LogP contribution in [0.1, 0.15) is 70.4 Å². The van der Waals surface area contributed by atoms with Crippen molar-refractivity contribution >= 4 is 29.3 Å². The average Bonchev–Trinajstić information content (AvgIpc) is 3.04. The smallest absolute Gasteiger partial charge is 0.378 e. The first-order valence-electron chi connectivity index (χ1n) is 16.1. The average molecular weight is 626 g/mol. The third kappa shape index (κ3) is 6.43. The van der Waals surface area contributed by atoms with Crippen LogP contribution in [0, 0.1) is 23.7 Å². The Labute approximate surface area is 271 Å². The van der Waals surface area contributed by atoms with Gasteiger partial charge in [-0.3, -0.25) is 14.5 Å². The van der Waals surface area contributed by atoms with Gasteiger partial charge in [0, 0.05) is 23.6 Å². The van der Waals surface area contributed by atoms with E-state index in [1.807, 2.05) is 6.07 Å². The van der Waals surface area contributed by atoms with E-state index in [0.717, 1.165) is 12.8 Å². The normalized spacial score (nSPS) is 25.5. The van der Waals surface area contributed by atoms with Crippen molar-refractivity contribution in [3.05, 3.63) is 96.1 Å². The Morgan fingerprint density at radius 3 is 2.15 bits per heavy atom. The molecule has 1 heterocycles. The van der Waals surface area contributed by atoms with E-state index in [9.17, 15) is 19.2 Å². The molecule has 242 valence electrons. The van der Waals surface area contributed by atoms with Crippen LogP contribution in [-0.2, 0) is 34.4 Å². The van der Waals surface area contributed by atoms with Crippen molar-refractivity contribution in [1.82, 2.24) is 0 Å². The van der Waals surface area contributed by atoms with Gasteiger partial charge in [0.15, 0.2) is 0 Å². The number of ketones is 1. The van der Waals surface area contributed by atoms with E-state index in [2.05, 4.69) is 20.8 Å². The number of nitrogens with zero attached hydrogens (tertiary/aromatic N) is 1. The summed E-state index contributed by atoms with van der Waals surface area (Å²) in [6, 6.07) is 24.2. The molecular weight excluding hydrogens is 582 g/mol. The standard InChI is InChI=1S/C38H43NO7/c1-24(2)31-21-16-25(3)22-33(31)45-37(43)38(28-14-10-7-11-15-28)39(29-17-19-30(44-5)20-18-29)35(41)34(36(42)46-38)32(23-26(4)40)27-12-8-6-9-13-27/h6-15,17-20,24-25,31-34H,16,21-23H2,1-5H3/t25-,31+,32-,33-,34?,38+/m1/s1. The van der Waals surface area contributed by atoms with E-state index in [1.165, 1.54) is 18.9 Å². The van der Waals surface area contributed by atoms with E-state index >= 15 is 0 Å². The molecule has 1 amide bonds. The van der Waals surface area contributed by atoms with Crippen molar-refractivity contribution in [2.45, 2.75) is 71.1 Å². The summed E-state index contributed by atoms with van der Waals surface area (Å²) in [7, 11) is 1.53.